The summed E-state index contributed by atoms with van der Waals surface area (Å²) in [5, 5.41) is 0. The van der Waals surface area contributed by atoms with Gasteiger partial charge in [-0.05, 0) is 19.3 Å². The lowest BCUT2D eigenvalue weighted by Crippen LogP contribution is -2.11. The fourth-order valence-corrected chi connectivity index (χ4v) is 1.07. The highest BCUT2D eigenvalue weighted by molar-refractivity contribution is 5.85. The zero-order valence-electron chi connectivity index (χ0n) is 9.58. The number of carbonyl (C=O) groups excluding carboxylic acids is 2. The molecule has 0 heterocycles. The quantitative estimate of drug-likeness (QED) is 0.354. The van der Waals surface area contributed by atoms with E-state index >= 15 is 0 Å². The predicted octanol–water partition coefficient (Wildman–Crippen LogP) is 2.06. The van der Waals surface area contributed by atoms with Crippen molar-refractivity contribution in [2.24, 2.45) is 0 Å². The van der Waals surface area contributed by atoms with Gasteiger partial charge in [0, 0.05) is 26.6 Å². The lowest BCUT2D eigenvalue weighted by Gasteiger charge is -2.02. The minimum absolute atomic E-state index is 0.293. The summed E-state index contributed by atoms with van der Waals surface area (Å²) in [7, 11) is 1.62. The van der Waals surface area contributed by atoms with Crippen LogP contribution in [0.25, 0.3) is 0 Å². The highest BCUT2D eigenvalue weighted by Crippen LogP contribution is 2.01. The normalized spacial score (nSPS) is 10.0. The van der Waals surface area contributed by atoms with Crippen LogP contribution >= 0.6 is 0 Å². The SMILES string of the molecule is CCCCC(=O)OC(=O)CCCCOC. The summed E-state index contributed by atoms with van der Waals surface area (Å²) in [6.45, 7) is 2.62. The van der Waals surface area contributed by atoms with Crippen LogP contribution < -0.4 is 0 Å². The number of unbranched alkanes of at least 4 members (excludes halogenated alkanes) is 2. The van der Waals surface area contributed by atoms with E-state index < -0.39 is 11.9 Å². The third-order valence-corrected chi connectivity index (χ3v) is 1.94. The molecule has 0 spiro atoms. The molecule has 0 saturated carbocycles. The summed E-state index contributed by atoms with van der Waals surface area (Å²) in [6, 6.07) is 0. The largest absolute Gasteiger partial charge is 0.393 e. The fraction of sp³-hybridized carbons (Fsp3) is 0.818. The van der Waals surface area contributed by atoms with Crippen LogP contribution in [0.2, 0.25) is 0 Å². The van der Waals surface area contributed by atoms with Crippen LogP contribution in [0.15, 0.2) is 0 Å². The summed E-state index contributed by atoms with van der Waals surface area (Å²) in [5.74, 6) is -0.833. The van der Waals surface area contributed by atoms with Gasteiger partial charge in [-0.15, -0.1) is 0 Å². The van der Waals surface area contributed by atoms with Crippen molar-refractivity contribution in [1.82, 2.24) is 0 Å². The Balaban J connectivity index is 3.43. The number of carbonyl (C=O) groups is 2. The Morgan fingerprint density at radius 2 is 1.60 bits per heavy atom. The Labute approximate surface area is 90.9 Å². The first-order valence-electron chi connectivity index (χ1n) is 5.43. The molecule has 15 heavy (non-hydrogen) atoms. The minimum Gasteiger partial charge on any atom is -0.393 e. The molecule has 0 amide bonds. The minimum atomic E-state index is -0.424. The molecule has 0 atom stereocenters. The van der Waals surface area contributed by atoms with E-state index in [9.17, 15) is 9.59 Å². The maximum atomic E-state index is 11.1. The van der Waals surface area contributed by atoms with E-state index in [1.54, 1.807) is 7.11 Å². The monoisotopic (exact) mass is 216 g/mol. The van der Waals surface area contributed by atoms with Gasteiger partial charge in [0.2, 0.25) is 0 Å². The van der Waals surface area contributed by atoms with E-state index in [4.69, 9.17) is 4.74 Å². The van der Waals surface area contributed by atoms with Crippen LogP contribution in [-0.4, -0.2) is 25.7 Å². The molecule has 4 heteroatoms. The van der Waals surface area contributed by atoms with Crippen molar-refractivity contribution in [3.8, 4) is 0 Å². The highest BCUT2D eigenvalue weighted by atomic mass is 16.6. The molecule has 0 unspecified atom stereocenters. The maximum absolute atomic E-state index is 11.1. The van der Waals surface area contributed by atoms with Crippen molar-refractivity contribution in [3.63, 3.8) is 0 Å². The smallest absolute Gasteiger partial charge is 0.313 e. The summed E-state index contributed by atoms with van der Waals surface area (Å²) < 4.78 is 9.45. The Morgan fingerprint density at radius 1 is 1.00 bits per heavy atom. The van der Waals surface area contributed by atoms with Crippen molar-refractivity contribution in [1.29, 1.82) is 0 Å². The van der Waals surface area contributed by atoms with Crippen molar-refractivity contribution in [3.05, 3.63) is 0 Å². The molecule has 88 valence electrons. The molecule has 0 aliphatic heterocycles. The van der Waals surface area contributed by atoms with Crippen LogP contribution in [0.4, 0.5) is 0 Å². The number of ether oxygens (including phenoxy) is 2. The van der Waals surface area contributed by atoms with Crippen molar-refractivity contribution in [2.75, 3.05) is 13.7 Å². The van der Waals surface area contributed by atoms with E-state index in [0.29, 0.717) is 25.9 Å². The third kappa shape index (κ3) is 9.41. The Morgan fingerprint density at radius 3 is 2.13 bits per heavy atom. The number of methoxy groups -OCH3 is 1. The molecule has 0 aromatic rings. The zero-order valence-corrected chi connectivity index (χ0v) is 9.58. The molecule has 0 aromatic heterocycles. The molecular formula is C11H20O4. The van der Waals surface area contributed by atoms with E-state index in [1.807, 2.05) is 6.92 Å². The van der Waals surface area contributed by atoms with Crippen LogP contribution in [0, 0.1) is 0 Å². The van der Waals surface area contributed by atoms with Gasteiger partial charge in [0.05, 0.1) is 0 Å². The molecule has 0 fully saturated rings. The van der Waals surface area contributed by atoms with Gasteiger partial charge in [-0.2, -0.15) is 0 Å². The standard InChI is InChI=1S/C11H20O4/c1-3-4-7-10(12)15-11(13)8-5-6-9-14-2/h3-9H2,1-2H3. The topological polar surface area (TPSA) is 52.6 Å². The number of hydrogen-bond acceptors (Lipinski definition) is 4. The molecular weight excluding hydrogens is 196 g/mol. The molecule has 0 aliphatic carbocycles. The molecule has 0 saturated heterocycles. The van der Waals surface area contributed by atoms with Gasteiger partial charge in [0.25, 0.3) is 0 Å². The first-order valence-corrected chi connectivity index (χ1v) is 5.43. The Hall–Kier alpha value is -0.900. The second-order valence-electron chi connectivity index (χ2n) is 3.40. The van der Waals surface area contributed by atoms with Gasteiger partial charge in [-0.3, -0.25) is 9.59 Å². The zero-order chi connectivity index (χ0) is 11.5. The summed E-state index contributed by atoms with van der Waals surface area (Å²) in [5.41, 5.74) is 0. The number of rotatable bonds is 8. The molecule has 0 aromatic carbocycles. The second kappa shape index (κ2) is 9.65. The van der Waals surface area contributed by atoms with Gasteiger partial charge in [-0.1, -0.05) is 13.3 Å². The number of esters is 2. The summed E-state index contributed by atoms with van der Waals surface area (Å²) in [4.78, 5) is 22.1. The van der Waals surface area contributed by atoms with Gasteiger partial charge < -0.3 is 9.47 Å². The average Bonchev–Trinajstić information content (AvgIpc) is 2.21. The third-order valence-electron chi connectivity index (χ3n) is 1.94. The van der Waals surface area contributed by atoms with Crippen LogP contribution in [-0.2, 0) is 19.1 Å². The Bertz CT molecular complexity index is 189. The van der Waals surface area contributed by atoms with E-state index in [-0.39, 0.29) is 0 Å². The van der Waals surface area contributed by atoms with Gasteiger partial charge in [0.15, 0.2) is 0 Å². The first-order chi connectivity index (χ1) is 7.20. The second-order valence-corrected chi connectivity index (χ2v) is 3.40. The Kier molecular flexibility index (Phi) is 9.07. The lowest BCUT2D eigenvalue weighted by molar-refractivity contribution is -0.159. The number of hydrogen-bond donors (Lipinski definition) is 0. The van der Waals surface area contributed by atoms with Crippen molar-refractivity contribution >= 4 is 11.9 Å². The highest BCUT2D eigenvalue weighted by Gasteiger charge is 2.08. The summed E-state index contributed by atoms with van der Waals surface area (Å²) in [6.07, 6.45) is 3.84. The molecule has 0 aliphatic rings. The molecule has 0 radical (unpaired) electrons. The lowest BCUT2D eigenvalue weighted by atomic mass is 10.2. The maximum Gasteiger partial charge on any atom is 0.313 e. The van der Waals surface area contributed by atoms with Crippen LogP contribution in [0.1, 0.15) is 45.4 Å². The molecule has 4 nitrogen and oxygen atoms in total. The van der Waals surface area contributed by atoms with E-state index in [0.717, 1.165) is 19.3 Å². The predicted molar refractivity (Wildman–Crippen MR) is 56.4 cm³/mol. The van der Waals surface area contributed by atoms with Gasteiger partial charge >= 0.3 is 11.9 Å². The van der Waals surface area contributed by atoms with Crippen molar-refractivity contribution in [2.45, 2.75) is 45.4 Å². The van der Waals surface area contributed by atoms with Gasteiger partial charge in [-0.25, -0.2) is 0 Å². The van der Waals surface area contributed by atoms with Crippen molar-refractivity contribution < 1.29 is 19.1 Å². The summed E-state index contributed by atoms with van der Waals surface area (Å²) >= 11 is 0. The first kappa shape index (κ1) is 14.1. The fourth-order valence-electron chi connectivity index (χ4n) is 1.07. The molecule has 0 rings (SSSR count). The van der Waals surface area contributed by atoms with Crippen LogP contribution in [0.3, 0.4) is 0 Å². The van der Waals surface area contributed by atoms with Crippen LogP contribution in [0.5, 0.6) is 0 Å². The van der Waals surface area contributed by atoms with E-state index in [1.165, 1.54) is 0 Å². The van der Waals surface area contributed by atoms with Gasteiger partial charge in [0.1, 0.15) is 0 Å². The molecule has 0 bridgehead atoms. The van der Waals surface area contributed by atoms with E-state index in [2.05, 4.69) is 4.74 Å². The average molecular weight is 216 g/mol. The molecule has 0 N–H and O–H groups in total.